The average Bonchev–Trinajstić information content (AvgIpc) is 3.11. The van der Waals surface area contributed by atoms with Gasteiger partial charge in [0.2, 0.25) is 0 Å². The van der Waals surface area contributed by atoms with E-state index >= 15 is 0 Å². The Morgan fingerprint density at radius 1 is 1.19 bits per heavy atom. The number of rotatable bonds is 6. The van der Waals surface area contributed by atoms with Gasteiger partial charge < -0.3 is 42.5 Å². The van der Waals surface area contributed by atoms with E-state index in [4.69, 9.17) is 43.8 Å². The molecule has 0 amide bonds. The predicted molar refractivity (Wildman–Crippen MR) is 140 cm³/mol. The maximum absolute atomic E-state index is 9.64. The first-order chi connectivity index (χ1) is 17.0. The maximum atomic E-state index is 9.64. The fraction of sp³-hybridized carbons (Fsp3) is 0.500. The van der Waals surface area contributed by atoms with Crippen molar-refractivity contribution in [1.29, 1.82) is 0 Å². The van der Waals surface area contributed by atoms with Gasteiger partial charge in [-0.05, 0) is 25.8 Å². The van der Waals surface area contributed by atoms with Gasteiger partial charge in [-0.1, -0.05) is 23.4 Å². The van der Waals surface area contributed by atoms with E-state index in [9.17, 15) is 9.59 Å². The van der Waals surface area contributed by atoms with Gasteiger partial charge in [0.1, 0.15) is 16.7 Å². The Morgan fingerprint density at radius 2 is 1.81 bits per heavy atom. The Kier molecular flexibility index (Phi) is 10.7. The zero-order valence-electron chi connectivity index (χ0n) is 20.3. The van der Waals surface area contributed by atoms with Gasteiger partial charge >= 0.3 is 11.9 Å². The molecule has 13 nitrogen and oxygen atoms in total. The minimum atomic E-state index is -1.08. The van der Waals surface area contributed by atoms with Crippen molar-refractivity contribution in [3.8, 4) is 0 Å². The Morgan fingerprint density at radius 3 is 2.32 bits per heavy atom. The van der Waals surface area contributed by atoms with Crippen molar-refractivity contribution in [2.75, 3.05) is 36.1 Å². The number of pyridine rings is 1. The van der Waals surface area contributed by atoms with Crippen molar-refractivity contribution in [1.82, 2.24) is 15.0 Å². The smallest absolute Gasteiger partial charge is 0.303 e. The molecule has 2 atom stereocenters. The first-order valence-corrected chi connectivity index (χ1v) is 12.5. The van der Waals surface area contributed by atoms with Crippen LogP contribution in [0.4, 0.5) is 17.5 Å². The Labute approximate surface area is 223 Å². The lowest BCUT2D eigenvalue weighted by Gasteiger charge is -2.41. The van der Waals surface area contributed by atoms with E-state index in [1.165, 1.54) is 11.8 Å². The summed E-state index contributed by atoms with van der Waals surface area (Å²) in [4.78, 5) is 35.2. The molecule has 0 unspecified atom stereocenters. The molecule has 2 aromatic heterocycles. The molecule has 0 aromatic carbocycles. The quantitative estimate of drug-likeness (QED) is 0.337. The van der Waals surface area contributed by atoms with Crippen LogP contribution in [0.2, 0.25) is 5.02 Å². The number of anilines is 3. The lowest BCUT2D eigenvalue weighted by molar-refractivity contribution is -0.143. The minimum Gasteiger partial charge on any atom is -0.481 e. The highest BCUT2D eigenvalue weighted by atomic mass is 35.5. The summed E-state index contributed by atoms with van der Waals surface area (Å²) < 4.78 is 5.79. The zero-order chi connectivity index (χ0) is 26.5. The number of piperidine rings is 1. The average molecular weight is 558 g/mol. The fourth-order valence-corrected chi connectivity index (χ4v) is 5.12. The van der Waals surface area contributed by atoms with Gasteiger partial charge in [-0.2, -0.15) is 0 Å². The van der Waals surface area contributed by atoms with E-state index in [-0.39, 0.29) is 41.7 Å². The van der Waals surface area contributed by atoms with E-state index in [0.29, 0.717) is 15.9 Å². The van der Waals surface area contributed by atoms with Gasteiger partial charge in [0.25, 0.3) is 0 Å². The second kappa shape index (κ2) is 13.1. The molecule has 2 aliphatic rings. The molecule has 4 rings (SSSR count). The molecular weight excluding hydrogens is 526 g/mol. The van der Waals surface area contributed by atoms with Crippen molar-refractivity contribution < 1.29 is 30.0 Å². The lowest BCUT2D eigenvalue weighted by atomic mass is 9.73. The predicted octanol–water partition coefficient (Wildman–Crippen LogP) is 1.28. The van der Waals surface area contributed by atoms with Crippen molar-refractivity contribution in [2.45, 2.75) is 54.7 Å². The van der Waals surface area contributed by atoms with Crippen LogP contribution in [0.25, 0.3) is 0 Å². The molecule has 2 aliphatic heterocycles. The highest BCUT2D eigenvalue weighted by molar-refractivity contribution is 7.99. The standard InChI is InChI=1S/C18H24ClN7OS.C4H6O4.H2O/c1-10-14(20)18(9-27-10)3-6-26(7-4-18)12-8-24-17(16(22)25-12)28-11-2-5-23-15(21)13(11)19;5-3(6)1-2-4(7)8;/h2,5,8,10,14H,3-4,6-7,9,20H2,1H3,(H2,21,23)(H2,22,25);1-2H2,(H,5,6)(H,7,8);1H2/t10-,14+;;/m0../s1. The van der Waals surface area contributed by atoms with Crippen molar-refractivity contribution in [2.24, 2.45) is 11.1 Å². The number of nitrogens with two attached hydrogens (primary N) is 3. The molecule has 0 radical (unpaired) electrons. The number of hydrogen-bond donors (Lipinski definition) is 5. The first-order valence-electron chi connectivity index (χ1n) is 11.3. The molecule has 4 heterocycles. The number of ether oxygens (including phenoxy) is 1. The van der Waals surface area contributed by atoms with Crippen LogP contribution in [0.15, 0.2) is 28.4 Å². The van der Waals surface area contributed by atoms with Gasteiger partial charge in [0.05, 0.1) is 36.8 Å². The molecule has 0 saturated carbocycles. The van der Waals surface area contributed by atoms with E-state index in [0.717, 1.165) is 43.3 Å². The number of carbonyl (C=O) groups is 2. The maximum Gasteiger partial charge on any atom is 0.303 e. The Hall–Kier alpha value is -2.91. The van der Waals surface area contributed by atoms with E-state index < -0.39 is 11.9 Å². The van der Waals surface area contributed by atoms with Crippen LogP contribution in [0.3, 0.4) is 0 Å². The second-order valence-electron chi connectivity index (χ2n) is 8.71. The van der Waals surface area contributed by atoms with Crippen LogP contribution in [-0.4, -0.2) is 74.4 Å². The molecule has 2 fully saturated rings. The van der Waals surface area contributed by atoms with Gasteiger partial charge in [-0.25, -0.2) is 15.0 Å². The molecule has 15 heteroatoms. The molecule has 0 aliphatic carbocycles. The highest BCUT2D eigenvalue weighted by Gasteiger charge is 2.47. The SMILES string of the molecule is C[C@@H]1OCC2(CCN(c3cnc(Sc4ccnc(N)c4Cl)c(N)n3)CC2)[C@@H]1N.O.O=C(O)CCC(=O)O. The monoisotopic (exact) mass is 557 g/mol. The molecule has 37 heavy (non-hydrogen) atoms. The fourth-order valence-electron chi connectivity index (χ4n) is 4.11. The van der Waals surface area contributed by atoms with Crippen LogP contribution >= 0.6 is 23.4 Å². The molecule has 2 saturated heterocycles. The van der Waals surface area contributed by atoms with E-state index in [2.05, 4.69) is 26.8 Å². The van der Waals surface area contributed by atoms with Crippen LogP contribution in [0, 0.1) is 5.41 Å². The summed E-state index contributed by atoms with van der Waals surface area (Å²) in [6.07, 6.45) is 4.83. The zero-order valence-corrected chi connectivity index (χ0v) is 21.8. The summed E-state index contributed by atoms with van der Waals surface area (Å²) in [5.41, 5.74) is 18.4. The molecule has 0 bridgehead atoms. The summed E-state index contributed by atoms with van der Waals surface area (Å²) in [6.45, 7) is 4.51. The van der Waals surface area contributed by atoms with Crippen LogP contribution in [0.1, 0.15) is 32.6 Å². The molecule has 1 spiro atoms. The number of carboxylic acids is 2. The van der Waals surface area contributed by atoms with Gasteiger partial charge in [-0.15, -0.1) is 0 Å². The molecule has 2 aromatic rings. The van der Waals surface area contributed by atoms with Gasteiger partial charge in [0.15, 0.2) is 5.82 Å². The third kappa shape index (κ3) is 7.55. The van der Waals surface area contributed by atoms with Crippen molar-refractivity contribution in [3.63, 3.8) is 0 Å². The summed E-state index contributed by atoms with van der Waals surface area (Å²) in [6, 6.07) is 1.86. The van der Waals surface area contributed by atoms with Gasteiger partial charge in [-0.3, -0.25) is 9.59 Å². The first kappa shape index (κ1) is 30.3. The number of aromatic nitrogens is 3. The molecule has 10 N–H and O–H groups in total. The largest absolute Gasteiger partial charge is 0.481 e. The molecule has 204 valence electrons. The summed E-state index contributed by atoms with van der Waals surface area (Å²) in [5.74, 6) is -0.735. The third-order valence-corrected chi connectivity index (χ3v) is 7.90. The number of carboxylic acid groups (broad SMARTS) is 2. The van der Waals surface area contributed by atoms with Crippen LogP contribution < -0.4 is 22.1 Å². The van der Waals surface area contributed by atoms with E-state index in [1.807, 2.05) is 0 Å². The molecular formula is C22H32ClN7O6S. The Balaban J connectivity index is 0.000000467. The number of halogens is 1. The summed E-state index contributed by atoms with van der Waals surface area (Å²) in [7, 11) is 0. The number of nitrogens with zero attached hydrogens (tertiary/aromatic N) is 4. The third-order valence-electron chi connectivity index (χ3n) is 6.32. The summed E-state index contributed by atoms with van der Waals surface area (Å²) >= 11 is 7.53. The number of nitrogen functional groups attached to an aromatic ring is 2. The van der Waals surface area contributed by atoms with Crippen LogP contribution in [-0.2, 0) is 14.3 Å². The number of aliphatic carboxylic acids is 2. The normalized spacial score (nSPS) is 20.0. The summed E-state index contributed by atoms with van der Waals surface area (Å²) in [5, 5.41) is 16.8. The van der Waals surface area contributed by atoms with Gasteiger partial charge in [0, 0.05) is 35.6 Å². The minimum absolute atomic E-state index is 0. The van der Waals surface area contributed by atoms with Crippen LogP contribution in [0.5, 0.6) is 0 Å². The lowest BCUT2D eigenvalue weighted by Crippen LogP contribution is -2.50. The Bertz CT molecular complexity index is 1090. The van der Waals surface area contributed by atoms with E-state index in [1.54, 1.807) is 18.5 Å². The van der Waals surface area contributed by atoms with Crippen molar-refractivity contribution >= 4 is 52.8 Å². The highest BCUT2D eigenvalue weighted by Crippen LogP contribution is 2.42. The topological polar surface area (TPSA) is 235 Å². The number of hydrogen-bond acceptors (Lipinski definition) is 11. The second-order valence-corrected chi connectivity index (χ2v) is 10.1. The van der Waals surface area contributed by atoms with Crippen molar-refractivity contribution in [3.05, 3.63) is 23.5 Å².